The Balaban J connectivity index is 2.37. The van der Waals surface area contributed by atoms with E-state index >= 15 is 0 Å². The van der Waals surface area contributed by atoms with E-state index in [-0.39, 0.29) is 0 Å². The van der Waals surface area contributed by atoms with Gasteiger partial charge in [0.15, 0.2) is 0 Å². The van der Waals surface area contributed by atoms with Crippen LogP contribution < -0.4 is 5.32 Å². The van der Waals surface area contributed by atoms with Crippen molar-refractivity contribution in [1.82, 2.24) is 0 Å². The molecule has 3 nitrogen and oxygen atoms in total. The minimum Gasteiger partial charge on any atom is -0.449 e. The van der Waals surface area contributed by atoms with Crippen LogP contribution in [0, 0.1) is 5.92 Å². The summed E-state index contributed by atoms with van der Waals surface area (Å²) in [6.45, 7) is 2.38. The van der Waals surface area contributed by atoms with E-state index in [2.05, 4.69) is 21.2 Å². The van der Waals surface area contributed by atoms with Crippen molar-refractivity contribution in [1.29, 1.82) is 0 Å². The van der Waals surface area contributed by atoms with Crippen molar-refractivity contribution < 1.29 is 9.53 Å². The van der Waals surface area contributed by atoms with Crippen LogP contribution in [0.2, 0.25) is 5.02 Å². The fraction of sp³-hybridized carbons (Fsp3) is 0.364. The fourth-order valence-corrected chi connectivity index (χ4v) is 1.26. The lowest BCUT2D eigenvalue weighted by Gasteiger charge is -2.10. The van der Waals surface area contributed by atoms with Crippen LogP contribution in [0.25, 0.3) is 0 Å². The van der Waals surface area contributed by atoms with Crippen LogP contribution in [0.3, 0.4) is 0 Å². The van der Waals surface area contributed by atoms with Crippen LogP contribution in [-0.2, 0) is 4.74 Å². The minimum absolute atomic E-state index is 0.302. The summed E-state index contributed by atoms with van der Waals surface area (Å²) in [6.07, 6.45) is -0.449. The third kappa shape index (κ3) is 4.86. The number of nitrogens with one attached hydrogen (secondary N) is 1. The Hall–Kier alpha value is -0.740. The van der Waals surface area contributed by atoms with E-state index in [4.69, 9.17) is 16.3 Å². The predicted molar refractivity (Wildman–Crippen MR) is 69.4 cm³/mol. The second kappa shape index (κ2) is 6.76. The first-order valence-corrected chi connectivity index (χ1v) is 6.37. The van der Waals surface area contributed by atoms with Crippen molar-refractivity contribution in [2.24, 2.45) is 5.92 Å². The van der Waals surface area contributed by atoms with Gasteiger partial charge in [-0.25, -0.2) is 4.79 Å². The Morgan fingerprint density at radius 1 is 1.50 bits per heavy atom. The zero-order valence-electron chi connectivity index (χ0n) is 8.87. The van der Waals surface area contributed by atoms with Crippen LogP contribution in [0.1, 0.15) is 6.92 Å². The van der Waals surface area contributed by atoms with E-state index in [9.17, 15) is 4.79 Å². The lowest BCUT2D eigenvalue weighted by Crippen LogP contribution is -2.18. The summed E-state index contributed by atoms with van der Waals surface area (Å²) in [5, 5.41) is 4.05. The number of carbonyl (C=O) groups is 1. The highest BCUT2D eigenvalue weighted by Gasteiger charge is 2.06. The van der Waals surface area contributed by atoms with Crippen molar-refractivity contribution in [3.8, 4) is 0 Å². The number of ether oxygens (including phenoxy) is 1. The maximum absolute atomic E-state index is 11.3. The molecule has 0 saturated heterocycles. The van der Waals surface area contributed by atoms with Gasteiger partial charge >= 0.3 is 6.09 Å². The topological polar surface area (TPSA) is 38.3 Å². The number of rotatable bonds is 4. The first kappa shape index (κ1) is 13.3. The predicted octanol–water partition coefficient (Wildman–Crippen LogP) is 3.92. The molecule has 0 radical (unpaired) electrons. The van der Waals surface area contributed by atoms with E-state index in [0.29, 0.717) is 23.2 Å². The second-order valence-corrected chi connectivity index (χ2v) is 4.57. The summed E-state index contributed by atoms with van der Waals surface area (Å²) in [7, 11) is 0. The molecule has 0 spiro atoms. The number of hydrogen-bond donors (Lipinski definition) is 1. The molecule has 0 heterocycles. The van der Waals surface area contributed by atoms with E-state index in [1.165, 1.54) is 0 Å². The molecule has 5 heteroatoms. The lowest BCUT2D eigenvalue weighted by atomic mass is 10.2. The smallest absolute Gasteiger partial charge is 0.411 e. The SMILES string of the molecule is CC(CBr)COC(=O)Nc1ccc(Cl)cc1. The molecule has 0 bridgehead atoms. The first-order chi connectivity index (χ1) is 7.61. The van der Waals surface area contributed by atoms with Gasteiger partial charge in [-0.3, -0.25) is 5.32 Å². The normalized spacial score (nSPS) is 11.9. The van der Waals surface area contributed by atoms with Crippen molar-refractivity contribution in [2.75, 3.05) is 17.3 Å². The van der Waals surface area contributed by atoms with Gasteiger partial charge in [0.05, 0.1) is 6.61 Å². The molecular weight excluding hydrogens is 293 g/mol. The summed E-state index contributed by atoms with van der Waals surface area (Å²) in [5.41, 5.74) is 0.667. The highest BCUT2D eigenvalue weighted by Crippen LogP contribution is 2.13. The Kier molecular flexibility index (Phi) is 5.63. The summed E-state index contributed by atoms with van der Waals surface area (Å²) >= 11 is 9.03. The second-order valence-electron chi connectivity index (χ2n) is 3.49. The molecule has 1 aromatic carbocycles. The van der Waals surface area contributed by atoms with E-state index < -0.39 is 6.09 Å². The number of halogens is 2. The summed E-state index contributed by atoms with van der Waals surface area (Å²) in [6, 6.07) is 6.85. The molecule has 1 N–H and O–H groups in total. The van der Waals surface area contributed by atoms with Crippen molar-refractivity contribution in [3.05, 3.63) is 29.3 Å². The highest BCUT2D eigenvalue weighted by molar-refractivity contribution is 9.09. The Labute approximate surface area is 108 Å². The lowest BCUT2D eigenvalue weighted by molar-refractivity contribution is 0.148. The van der Waals surface area contributed by atoms with Gasteiger partial charge in [0.25, 0.3) is 0 Å². The molecule has 1 rings (SSSR count). The number of benzene rings is 1. The van der Waals surface area contributed by atoms with Crippen molar-refractivity contribution >= 4 is 39.3 Å². The number of carbonyl (C=O) groups excluding carboxylic acids is 1. The van der Waals surface area contributed by atoms with Crippen LogP contribution in [0.4, 0.5) is 10.5 Å². The average molecular weight is 307 g/mol. The van der Waals surface area contributed by atoms with Crippen LogP contribution in [-0.4, -0.2) is 18.0 Å². The standard InChI is InChI=1S/C11H13BrClNO2/c1-8(6-12)7-16-11(15)14-10-4-2-9(13)3-5-10/h2-5,8H,6-7H2,1H3,(H,14,15). The van der Waals surface area contributed by atoms with E-state index in [1.54, 1.807) is 24.3 Å². The summed E-state index contributed by atoms with van der Waals surface area (Å²) < 4.78 is 5.02. The molecule has 1 amide bonds. The molecule has 0 saturated carbocycles. The van der Waals surface area contributed by atoms with Gasteiger partial charge < -0.3 is 4.74 Å². The molecule has 1 aromatic rings. The molecule has 0 aliphatic rings. The molecule has 0 fully saturated rings. The Morgan fingerprint density at radius 2 is 2.12 bits per heavy atom. The highest BCUT2D eigenvalue weighted by atomic mass is 79.9. The van der Waals surface area contributed by atoms with E-state index in [0.717, 1.165) is 5.33 Å². The van der Waals surface area contributed by atoms with Gasteiger partial charge in [0.2, 0.25) is 0 Å². The van der Waals surface area contributed by atoms with Crippen molar-refractivity contribution in [3.63, 3.8) is 0 Å². The zero-order chi connectivity index (χ0) is 12.0. The number of anilines is 1. The zero-order valence-corrected chi connectivity index (χ0v) is 11.2. The Bertz CT molecular complexity index is 342. The number of hydrogen-bond acceptors (Lipinski definition) is 2. The summed E-state index contributed by atoms with van der Waals surface area (Å²) in [5.74, 6) is 0.302. The molecule has 0 aliphatic heterocycles. The summed E-state index contributed by atoms with van der Waals surface area (Å²) in [4.78, 5) is 11.3. The largest absolute Gasteiger partial charge is 0.449 e. The fourth-order valence-electron chi connectivity index (χ4n) is 0.950. The van der Waals surface area contributed by atoms with Crippen LogP contribution >= 0.6 is 27.5 Å². The van der Waals surface area contributed by atoms with Gasteiger partial charge in [-0.2, -0.15) is 0 Å². The van der Waals surface area contributed by atoms with Gasteiger partial charge in [-0.1, -0.05) is 34.5 Å². The van der Waals surface area contributed by atoms with Crippen LogP contribution in [0.5, 0.6) is 0 Å². The third-order valence-corrected chi connectivity index (χ3v) is 3.21. The Morgan fingerprint density at radius 3 is 2.69 bits per heavy atom. The van der Waals surface area contributed by atoms with E-state index in [1.807, 2.05) is 6.92 Å². The minimum atomic E-state index is -0.449. The molecule has 88 valence electrons. The molecule has 0 aromatic heterocycles. The molecule has 1 unspecified atom stereocenters. The molecule has 1 atom stereocenters. The van der Waals surface area contributed by atoms with Gasteiger partial charge in [0, 0.05) is 22.0 Å². The quantitative estimate of drug-likeness (QED) is 0.856. The van der Waals surface area contributed by atoms with Crippen LogP contribution in [0.15, 0.2) is 24.3 Å². The number of amides is 1. The van der Waals surface area contributed by atoms with Gasteiger partial charge in [-0.05, 0) is 24.3 Å². The third-order valence-electron chi connectivity index (χ3n) is 1.85. The monoisotopic (exact) mass is 305 g/mol. The molecule has 0 aliphatic carbocycles. The first-order valence-electron chi connectivity index (χ1n) is 4.87. The van der Waals surface area contributed by atoms with Gasteiger partial charge in [-0.15, -0.1) is 0 Å². The number of alkyl halides is 1. The van der Waals surface area contributed by atoms with Crippen molar-refractivity contribution in [2.45, 2.75) is 6.92 Å². The molecular formula is C11H13BrClNO2. The van der Waals surface area contributed by atoms with Gasteiger partial charge in [0.1, 0.15) is 0 Å². The maximum atomic E-state index is 11.3. The molecule has 16 heavy (non-hydrogen) atoms. The average Bonchev–Trinajstić information content (AvgIpc) is 2.29. The maximum Gasteiger partial charge on any atom is 0.411 e.